The number of aryl methyl sites for hydroxylation is 1. The largest absolute Gasteiger partial charge is 0.497 e. The summed E-state index contributed by atoms with van der Waals surface area (Å²) in [5, 5.41) is 9.47. The van der Waals surface area contributed by atoms with E-state index in [1.54, 1.807) is 7.11 Å². The first-order valence-corrected chi connectivity index (χ1v) is 10.3. The summed E-state index contributed by atoms with van der Waals surface area (Å²) in [5.74, 6) is 2.37. The number of ether oxygens (including phenoxy) is 2. The third kappa shape index (κ3) is 4.16. The fourth-order valence-electron chi connectivity index (χ4n) is 3.41. The van der Waals surface area contributed by atoms with Crippen LogP contribution in [-0.4, -0.2) is 22.3 Å². The molecule has 0 N–H and O–H groups in total. The Hall–Kier alpha value is -4.19. The lowest BCUT2D eigenvalue weighted by Crippen LogP contribution is -1.95. The fraction of sp³-hybridized carbons (Fsp3) is 0.115. The van der Waals surface area contributed by atoms with Crippen molar-refractivity contribution in [3.8, 4) is 34.5 Å². The zero-order chi connectivity index (χ0) is 21.9. The van der Waals surface area contributed by atoms with Crippen molar-refractivity contribution in [3.63, 3.8) is 0 Å². The molecule has 0 atom stereocenters. The number of fused-ring (bicyclic) bond motifs is 1. The predicted octanol–water partition coefficient (Wildman–Crippen LogP) is 5.85. The van der Waals surface area contributed by atoms with Gasteiger partial charge in [-0.05, 0) is 55.0 Å². The Morgan fingerprint density at radius 1 is 0.812 bits per heavy atom. The first-order chi connectivity index (χ1) is 15.7. The van der Waals surface area contributed by atoms with Gasteiger partial charge in [0.25, 0.3) is 5.89 Å². The van der Waals surface area contributed by atoms with Gasteiger partial charge in [-0.1, -0.05) is 35.9 Å². The highest BCUT2D eigenvalue weighted by Gasteiger charge is 2.12. The molecule has 0 aliphatic carbocycles. The molecule has 0 fully saturated rings. The van der Waals surface area contributed by atoms with Gasteiger partial charge < -0.3 is 13.9 Å². The molecule has 0 saturated carbocycles. The number of benzene rings is 3. The number of rotatable bonds is 6. The molecule has 0 aliphatic rings. The van der Waals surface area contributed by atoms with Gasteiger partial charge in [0.2, 0.25) is 5.89 Å². The van der Waals surface area contributed by atoms with Gasteiger partial charge in [0.05, 0.1) is 12.6 Å². The summed E-state index contributed by atoms with van der Waals surface area (Å²) < 4.78 is 17.0. The van der Waals surface area contributed by atoms with E-state index in [0.29, 0.717) is 24.1 Å². The molecular formula is C26H21N3O3. The maximum absolute atomic E-state index is 5.89. The van der Waals surface area contributed by atoms with E-state index < -0.39 is 0 Å². The van der Waals surface area contributed by atoms with Gasteiger partial charge in [0.15, 0.2) is 0 Å². The summed E-state index contributed by atoms with van der Waals surface area (Å²) in [4.78, 5) is 4.65. The Kier molecular flexibility index (Phi) is 5.25. The van der Waals surface area contributed by atoms with Crippen molar-refractivity contribution in [2.45, 2.75) is 13.5 Å². The average Bonchev–Trinajstić information content (AvgIpc) is 3.33. The first kappa shape index (κ1) is 19.8. The van der Waals surface area contributed by atoms with Crippen LogP contribution in [0.4, 0.5) is 0 Å². The third-order valence-electron chi connectivity index (χ3n) is 5.14. The molecule has 2 aromatic heterocycles. The summed E-state index contributed by atoms with van der Waals surface area (Å²) in [7, 11) is 1.64. The lowest BCUT2D eigenvalue weighted by atomic mass is 10.1. The minimum Gasteiger partial charge on any atom is -0.497 e. The zero-order valence-corrected chi connectivity index (χ0v) is 17.8. The maximum atomic E-state index is 5.89. The molecule has 6 nitrogen and oxygen atoms in total. The highest BCUT2D eigenvalue weighted by Crippen LogP contribution is 2.26. The predicted molar refractivity (Wildman–Crippen MR) is 123 cm³/mol. The third-order valence-corrected chi connectivity index (χ3v) is 5.14. The van der Waals surface area contributed by atoms with Crippen molar-refractivity contribution in [1.29, 1.82) is 0 Å². The van der Waals surface area contributed by atoms with Gasteiger partial charge in [0, 0.05) is 17.0 Å². The van der Waals surface area contributed by atoms with E-state index in [4.69, 9.17) is 13.9 Å². The molecule has 0 bridgehead atoms. The molecule has 6 heteroatoms. The van der Waals surface area contributed by atoms with Crippen LogP contribution in [0.1, 0.15) is 11.1 Å². The number of pyridine rings is 1. The molecule has 0 saturated heterocycles. The number of methoxy groups -OCH3 is 1. The van der Waals surface area contributed by atoms with Crippen LogP contribution >= 0.6 is 0 Å². The Balaban J connectivity index is 1.30. The van der Waals surface area contributed by atoms with Gasteiger partial charge in [-0.25, -0.2) is 4.98 Å². The number of hydrogen-bond acceptors (Lipinski definition) is 6. The smallest absolute Gasteiger partial charge is 0.266 e. The van der Waals surface area contributed by atoms with Crippen LogP contribution in [0.25, 0.3) is 33.9 Å². The summed E-state index contributed by atoms with van der Waals surface area (Å²) in [6, 6.07) is 25.5. The van der Waals surface area contributed by atoms with Crippen LogP contribution in [0.2, 0.25) is 0 Å². The topological polar surface area (TPSA) is 70.3 Å². The minimum absolute atomic E-state index is 0.396. The van der Waals surface area contributed by atoms with E-state index in [0.717, 1.165) is 33.5 Å². The van der Waals surface area contributed by atoms with Crippen molar-refractivity contribution < 1.29 is 13.9 Å². The molecule has 5 aromatic rings. The maximum Gasteiger partial charge on any atom is 0.266 e. The second kappa shape index (κ2) is 8.51. The molecule has 3 aromatic carbocycles. The van der Waals surface area contributed by atoms with E-state index in [9.17, 15) is 0 Å². The minimum atomic E-state index is 0.396. The van der Waals surface area contributed by atoms with Crippen LogP contribution in [0.5, 0.6) is 11.5 Å². The van der Waals surface area contributed by atoms with Crippen molar-refractivity contribution in [3.05, 3.63) is 90.0 Å². The second-order valence-corrected chi connectivity index (χ2v) is 7.47. The van der Waals surface area contributed by atoms with Crippen LogP contribution in [0, 0.1) is 6.92 Å². The van der Waals surface area contributed by atoms with Crippen molar-refractivity contribution in [1.82, 2.24) is 15.2 Å². The Morgan fingerprint density at radius 2 is 1.62 bits per heavy atom. The molecule has 0 unspecified atom stereocenters. The Morgan fingerprint density at radius 3 is 2.47 bits per heavy atom. The van der Waals surface area contributed by atoms with E-state index in [2.05, 4.69) is 28.2 Å². The molecule has 32 heavy (non-hydrogen) atoms. The highest BCUT2D eigenvalue weighted by atomic mass is 16.5. The molecule has 2 heterocycles. The van der Waals surface area contributed by atoms with Crippen molar-refractivity contribution in [2.24, 2.45) is 0 Å². The molecule has 0 amide bonds. The quantitative estimate of drug-likeness (QED) is 0.341. The van der Waals surface area contributed by atoms with Crippen LogP contribution in [0.15, 0.2) is 83.3 Å². The molecule has 0 aliphatic heterocycles. The summed E-state index contributed by atoms with van der Waals surface area (Å²) in [6.45, 7) is 2.51. The molecule has 0 radical (unpaired) electrons. The van der Waals surface area contributed by atoms with Gasteiger partial charge in [-0.15, -0.1) is 10.2 Å². The second-order valence-electron chi connectivity index (χ2n) is 7.47. The van der Waals surface area contributed by atoms with Crippen LogP contribution in [0.3, 0.4) is 0 Å². The standard InChI is InChI=1S/C26H21N3O3/c1-17-6-12-23-20(14-17)11-13-24(27-23)26-29-28-25(32-26)19-9-7-18(8-10-19)16-31-22-5-3-4-21(15-22)30-2/h3-15H,16H2,1-2H3. The zero-order valence-electron chi connectivity index (χ0n) is 17.8. The van der Waals surface area contributed by atoms with Gasteiger partial charge in [0.1, 0.15) is 23.8 Å². The lowest BCUT2D eigenvalue weighted by Gasteiger charge is -2.08. The van der Waals surface area contributed by atoms with Gasteiger partial charge >= 0.3 is 0 Å². The summed E-state index contributed by atoms with van der Waals surface area (Å²) >= 11 is 0. The van der Waals surface area contributed by atoms with E-state index in [1.165, 1.54) is 5.56 Å². The number of aromatic nitrogens is 3. The Bertz CT molecular complexity index is 1380. The van der Waals surface area contributed by atoms with Crippen molar-refractivity contribution >= 4 is 10.9 Å². The van der Waals surface area contributed by atoms with Gasteiger partial charge in [-0.3, -0.25) is 0 Å². The number of hydrogen-bond donors (Lipinski definition) is 0. The molecule has 0 spiro atoms. The highest BCUT2D eigenvalue weighted by molar-refractivity contribution is 5.81. The summed E-state index contributed by atoms with van der Waals surface area (Å²) in [6.07, 6.45) is 0. The average molecular weight is 423 g/mol. The van der Waals surface area contributed by atoms with Crippen LogP contribution in [-0.2, 0) is 6.61 Å². The van der Waals surface area contributed by atoms with Gasteiger partial charge in [-0.2, -0.15) is 0 Å². The number of nitrogens with zero attached hydrogens (tertiary/aromatic N) is 3. The Labute approximate surface area is 185 Å². The molecule has 5 rings (SSSR count). The van der Waals surface area contributed by atoms with E-state index >= 15 is 0 Å². The first-order valence-electron chi connectivity index (χ1n) is 10.3. The fourth-order valence-corrected chi connectivity index (χ4v) is 3.41. The normalized spacial score (nSPS) is 10.9. The monoisotopic (exact) mass is 423 g/mol. The van der Waals surface area contributed by atoms with E-state index in [1.807, 2.05) is 72.8 Å². The van der Waals surface area contributed by atoms with Crippen molar-refractivity contribution in [2.75, 3.05) is 7.11 Å². The van der Waals surface area contributed by atoms with Crippen LogP contribution < -0.4 is 9.47 Å². The molecular weight excluding hydrogens is 402 g/mol. The summed E-state index contributed by atoms with van der Waals surface area (Å²) in [5.41, 5.74) is 4.62. The molecule has 158 valence electrons. The SMILES string of the molecule is COc1cccc(OCc2ccc(-c3nnc(-c4ccc5cc(C)ccc5n4)o3)cc2)c1. The van der Waals surface area contributed by atoms with E-state index in [-0.39, 0.29) is 0 Å². The lowest BCUT2D eigenvalue weighted by molar-refractivity contribution is 0.303.